The molecule has 0 spiro atoms. The summed E-state index contributed by atoms with van der Waals surface area (Å²) in [4.78, 5) is 13.4. The van der Waals surface area contributed by atoms with E-state index >= 15 is 0 Å². The van der Waals surface area contributed by atoms with Crippen molar-refractivity contribution in [3.05, 3.63) is 0 Å². The average Bonchev–Trinajstić information content (AvgIpc) is 2.68. The molecule has 0 saturated carbocycles. The van der Waals surface area contributed by atoms with Gasteiger partial charge in [-0.3, -0.25) is 9.69 Å². The van der Waals surface area contributed by atoms with E-state index in [4.69, 9.17) is 0 Å². The van der Waals surface area contributed by atoms with Crippen LogP contribution in [0.3, 0.4) is 0 Å². The fourth-order valence-corrected chi connectivity index (χ4v) is 2.35. The summed E-state index contributed by atoms with van der Waals surface area (Å²) in [5, 5.41) is 0. The van der Waals surface area contributed by atoms with Gasteiger partial charge in [-0.15, -0.1) is 0 Å². The van der Waals surface area contributed by atoms with Crippen molar-refractivity contribution in [3.8, 4) is 0 Å². The highest BCUT2D eigenvalue weighted by Crippen LogP contribution is 2.10. The Morgan fingerprint density at radius 3 is 2.19 bits per heavy atom. The zero-order valence-corrected chi connectivity index (χ0v) is 10.8. The number of likely N-dealkylation sites (tertiary alicyclic amines) is 1. The molecule has 2 heteroatoms. The second-order valence-electron chi connectivity index (χ2n) is 5.04. The van der Waals surface area contributed by atoms with Gasteiger partial charge in [-0.2, -0.15) is 0 Å². The highest BCUT2D eigenvalue weighted by atomic mass is 16.1. The number of rotatable bonds is 9. The topological polar surface area (TPSA) is 20.3 Å². The summed E-state index contributed by atoms with van der Waals surface area (Å²) >= 11 is 0. The van der Waals surface area contributed by atoms with E-state index in [1.165, 1.54) is 51.4 Å². The van der Waals surface area contributed by atoms with Crippen molar-refractivity contribution in [1.29, 1.82) is 0 Å². The van der Waals surface area contributed by atoms with E-state index in [1.807, 2.05) is 0 Å². The minimum absolute atomic E-state index is 0.430. The van der Waals surface area contributed by atoms with Crippen molar-refractivity contribution in [2.24, 2.45) is 0 Å². The van der Waals surface area contributed by atoms with Crippen LogP contribution in [0.4, 0.5) is 0 Å². The number of Topliss-reactive ketones (excluding diaryl/α,β-unsaturated/α-hetero) is 1. The van der Waals surface area contributed by atoms with Gasteiger partial charge in [0.25, 0.3) is 0 Å². The molecule has 0 bridgehead atoms. The fourth-order valence-electron chi connectivity index (χ4n) is 2.35. The van der Waals surface area contributed by atoms with Gasteiger partial charge < -0.3 is 0 Å². The van der Waals surface area contributed by atoms with Crippen molar-refractivity contribution in [1.82, 2.24) is 4.90 Å². The largest absolute Gasteiger partial charge is 0.298 e. The Morgan fingerprint density at radius 2 is 1.62 bits per heavy atom. The third-order valence-electron chi connectivity index (χ3n) is 3.43. The normalized spacial score (nSPS) is 17.2. The van der Waals surface area contributed by atoms with Crippen LogP contribution in [0.25, 0.3) is 0 Å². The number of nitrogens with zero attached hydrogens (tertiary/aromatic N) is 1. The van der Waals surface area contributed by atoms with E-state index in [0.717, 1.165) is 26.1 Å². The number of carbonyl (C=O) groups excluding carboxylic acids is 1. The summed E-state index contributed by atoms with van der Waals surface area (Å²) in [6.45, 7) is 5.13. The van der Waals surface area contributed by atoms with E-state index in [-0.39, 0.29) is 0 Å². The first-order valence-corrected chi connectivity index (χ1v) is 7.07. The summed E-state index contributed by atoms with van der Waals surface area (Å²) in [6, 6.07) is 0. The summed E-state index contributed by atoms with van der Waals surface area (Å²) in [5.41, 5.74) is 0. The molecular weight excluding hydrogens is 198 g/mol. The molecule has 16 heavy (non-hydrogen) atoms. The van der Waals surface area contributed by atoms with Crippen LogP contribution in [0.5, 0.6) is 0 Å². The Kier molecular flexibility index (Phi) is 7.48. The number of ketones is 1. The van der Waals surface area contributed by atoms with Crippen LogP contribution in [-0.4, -0.2) is 30.3 Å². The number of unbranched alkanes of at least 4 members (excludes halogenated alkanes) is 7. The highest BCUT2D eigenvalue weighted by molar-refractivity contribution is 5.82. The summed E-state index contributed by atoms with van der Waals surface area (Å²) in [5.74, 6) is 0.430. The Morgan fingerprint density at radius 1 is 1.00 bits per heavy atom. The molecule has 1 heterocycles. The van der Waals surface area contributed by atoms with Crippen LogP contribution in [0.15, 0.2) is 0 Å². The Bertz CT molecular complexity index is 191. The van der Waals surface area contributed by atoms with Crippen molar-refractivity contribution in [3.63, 3.8) is 0 Å². The molecule has 1 rings (SSSR count). The Balaban J connectivity index is 1.79. The van der Waals surface area contributed by atoms with Gasteiger partial charge in [0.15, 0.2) is 0 Å². The molecule has 0 radical (unpaired) electrons. The SMILES string of the molecule is CCCCCCCCCCN1CCC(=O)C1. The van der Waals surface area contributed by atoms with Gasteiger partial charge in [0, 0.05) is 13.0 Å². The first kappa shape index (κ1) is 13.7. The molecule has 94 valence electrons. The molecule has 1 fully saturated rings. The maximum Gasteiger partial charge on any atom is 0.148 e. The monoisotopic (exact) mass is 225 g/mol. The zero-order chi connectivity index (χ0) is 11.6. The van der Waals surface area contributed by atoms with Crippen LogP contribution in [-0.2, 0) is 4.79 Å². The average molecular weight is 225 g/mol. The molecule has 1 aliphatic heterocycles. The molecule has 0 aliphatic carbocycles. The van der Waals surface area contributed by atoms with E-state index < -0.39 is 0 Å². The summed E-state index contributed by atoms with van der Waals surface area (Å²) in [6.07, 6.45) is 11.8. The lowest BCUT2D eigenvalue weighted by molar-refractivity contribution is -0.116. The van der Waals surface area contributed by atoms with Crippen LogP contribution in [0.2, 0.25) is 0 Å². The molecule has 0 N–H and O–H groups in total. The zero-order valence-electron chi connectivity index (χ0n) is 10.8. The third-order valence-corrected chi connectivity index (χ3v) is 3.43. The Hall–Kier alpha value is -0.370. The van der Waals surface area contributed by atoms with E-state index in [2.05, 4.69) is 11.8 Å². The van der Waals surface area contributed by atoms with Crippen LogP contribution < -0.4 is 0 Å². The third kappa shape index (κ3) is 6.26. The lowest BCUT2D eigenvalue weighted by atomic mass is 10.1. The molecule has 2 nitrogen and oxygen atoms in total. The van der Waals surface area contributed by atoms with Crippen molar-refractivity contribution in [2.45, 2.75) is 64.7 Å². The second kappa shape index (κ2) is 8.74. The van der Waals surface area contributed by atoms with Crippen LogP contribution in [0, 0.1) is 0 Å². The van der Waals surface area contributed by atoms with E-state index in [9.17, 15) is 4.79 Å². The smallest absolute Gasteiger partial charge is 0.148 e. The summed E-state index contributed by atoms with van der Waals surface area (Å²) in [7, 11) is 0. The molecule has 0 aromatic heterocycles. The molecule has 0 atom stereocenters. The van der Waals surface area contributed by atoms with E-state index in [1.54, 1.807) is 0 Å². The van der Waals surface area contributed by atoms with E-state index in [0.29, 0.717) is 5.78 Å². The number of hydrogen-bond donors (Lipinski definition) is 0. The standard InChI is InChI=1S/C14H27NO/c1-2-3-4-5-6-7-8-9-11-15-12-10-14(16)13-15/h2-13H2,1H3. The minimum atomic E-state index is 0.430. The van der Waals surface area contributed by atoms with Gasteiger partial charge in [0.1, 0.15) is 5.78 Å². The van der Waals surface area contributed by atoms with Gasteiger partial charge in [0.05, 0.1) is 6.54 Å². The van der Waals surface area contributed by atoms with Crippen LogP contribution >= 0.6 is 0 Å². The molecular formula is C14H27NO. The predicted molar refractivity (Wildman–Crippen MR) is 68.7 cm³/mol. The summed E-state index contributed by atoms with van der Waals surface area (Å²) < 4.78 is 0. The predicted octanol–water partition coefficient (Wildman–Crippen LogP) is 3.40. The lowest BCUT2D eigenvalue weighted by Gasteiger charge is -2.12. The molecule has 1 saturated heterocycles. The fraction of sp³-hybridized carbons (Fsp3) is 0.929. The molecule has 0 aromatic rings. The van der Waals surface area contributed by atoms with Gasteiger partial charge in [-0.05, 0) is 13.0 Å². The second-order valence-corrected chi connectivity index (χ2v) is 5.04. The maximum absolute atomic E-state index is 11.0. The van der Waals surface area contributed by atoms with Crippen LogP contribution in [0.1, 0.15) is 64.7 Å². The highest BCUT2D eigenvalue weighted by Gasteiger charge is 2.17. The quantitative estimate of drug-likeness (QED) is 0.561. The van der Waals surface area contributed by atoms with Crippen molar-refractivity contribution in [2.75, 3.05) is 19.6 Å². The van der Waals surface area contributed by atoms with Gasteiger partial charge in [-0.1, -0.05) is 51.9 Å². The Labute approximate surface area is 100 Å². The first-order chi connectivity index (χ1) is 7.83. The lowest BCUT2D eigenvalue weighted by Crippen LogP contribution is -2.21. The van der Waals surface area contributed by atoms with Crippen molar-refractivity contribution >= 4 is 5.78 Å². The minimum Gasteiger partial charge on any atom is -0.298 e. The maximum atomic E-state index is 11.0. The number of hydrogen-bond acceptors (Lipinski definition) is 2. The molecule has 0 amide bonds. The first-order valence-electron chi connectivity index (χ1n) is 7.07. The molecule has 0 unspecified atom stereocenters. The van der Waals surface area contributed by atoms with Gasteiger partial charge in [-0.25, -0.2) is 0 Å². The molecule has 0 aromatic carbocycles. The number of carbonyl (C=O) groups is 1. The van der Waals surface area contributed by atoms with Gasteiger partial charge in [0.2, 0.25) is 0 Å². The van der Waals surface area contributed by atoms with Gasteiger partial charge >= 0.3 is 0 Å². The van der Waals surface area contributed by atoms with Crippen molar-refractivity contribution < 1.29 is 4.79 Å². The molecule has 1 aliphatic rings.